The van der Waals surface area contributed by atoms with Crippen LogP contribution in [0.2, 0.25) is 0 Å². The Bertz CT molecular complexity index is 155. The summed E-state index contributed by atoms with van der Waals surface area (Å²) in [5, 5.41) is 0. The molecule has 11 heavy (non-hydrogen) atoms. The molecular formula is C9H17NS. The summed E-state index contributed by atoms with van der Waals surface area (Å²) in [7, 11) is 1.94. The van der Waals surface area contributed by atoms with Crippen molar-refractivity contribution in [3.8, 4) is 0 Å². The first-order chi connectivity index (χ1) is 5.20. The first-order valence-corrected chi connectivity index (χ1v) is 4.71. The van der Waals surface area contributed by atoms with Gasteiger partial charge in [-0.2, -0.15) is 0 Å². The van der Waals surface area contributed by atoms with Crippen molar-refractivity contribution < 1.29 is 0 Å². The van der Waals surface area contributed by atoms with Gasteiger partial charge >= 0.3 is 0 Å². The lowest BCUT2D eigenvalue weighted by Gasteiger charge is -1.99. The van der Waals surface area contributed by atoms with Crippen molar-refractivity contribution in [2.45, 2.75) is 27.2 Å². The number of rotatable bonds is 4. The lowest BCUT2D eigenvalue weighted by molar-refractivity contribution is 1.21. The van der Waals surface area contributed by atoms with E-state index in [-0.39, 0.29) is 0 Å². The third kappa shape index (κ3) is 6.20. The Morgan fingerprint density at radius 3 is 2.45 bits per heavy atom. The summed E-state index contributed by atoms with van der Waals surface area (Å²) in [6.07, 6.45) is 5.49. The quantitative estimate of drug-likeness (QED) is 0.515. The van der Waals surface area contributed by atoms with E-state index in [1.165, 1.54) is 10.5 Å². The van der Waals surface area contributed by atoms with E-state index in [2.05, 4.69) is 37.6 Å². The van der Waals surface area contributed by atoms with Gasteiger partial charge in [0.2, 0.25) is 0 Å². The topological polar surface area (TPSA) is 12.0 Å². The molecule has 0 saturated heterocycles. The fourth-order valence-electron chi connectivity index (χ4n) is 0.734. The van der Waals surface area contributed by atoms with Crippen molar-refractivity contribution in [1.82, 2.24) is 4.72 Å². The molecule has 0 radical (unpaired) electrons. The molecule has 64 valence electrons. The Kier molecular flexibility index (Phi) is 6.37. The molecule has 0 bridgehead atoms. The van der Waals surface area contributed by atoms with Crippen LogP contribution in [0.15, 0.2) is 22.6 Å². The summed E-state index contributed by atoms with van der Waals surface area (Å²) >= 11 is 1.66. The maximum atomic E-state index is 3.06. The van der Waals surface area contributed by atoms with E-state index in [0.29, 0.717) is 0 Å². The SMILES string of the molecule is CC/C=C(\C=C(C)C)SNC. The largest absolute Gasteiger partial charge is 0.263 e. The van der Waals surface area contributed by atoms with Crippen LogP contribution in [0.3, 0.4) is 0 Å². The van der Waals surface area contributed by atoms with E-state index < -0.39 is 0 Å². The molecule has 0 aromatic heterocycles. The van der Waals surface area contributed by atoms with Crippen LogP contribution in [0.5, 0.6) is 0 Å². The summed E-state index contributed by atoms with van der Waals surface area (Å²) in [6.45, 7) is 6.37. The molecule has 0 aromatic carbocycles. The number of hydrogen-bond donors (Lipinski definition) is 1. The maximum absolute atomic E-state index is 3.06. The summed E-state index contributed by atoms with van der Waals surface area (Å²) in [4.78, 5) is 1.30. The van der Waals surface area contributed by atoms with Gasteiger partial charge in [0.25, 0.3) is 0 Å². The molecule has 0 fully saturated rings. The fraction of sp³-hybridized carbons (Fsp3) is 0.556. The number of hydrogen-bond acceptors (Lipinski definition) is 2. The molecule has 0 spiro atoms. The van der Waals surface area contributed by atoms with Crippen LogP contribution in [0.1, 0.15) is 27.2 Å². The van der Waals surface area contributed by atoms with Crippen LogP contribution in [0.25, 0.3) is 0 Å². The second-order valence-corrected chi connectivity index (χ2v) is 3.63. The second kappa shape index (κ2) is 6.50. The van der Waals surface area contributed by atoms with E-state index in [9.17, 15) is 0 Å². The van der Waals surface area contributed by atoms with Crippen molar-refractivity contribution in [3.05, 3.63) is 22.6 Å². The van der Waals surface area contributed by atoms with E-state index in [4.69, 9.17) is 0 Å². The second-order valence-electron chi connectivity index (χ2n) is 2.54. The Morgan fingerprint density at radius 2 is 2.09 bits per heavy atom. The minimum absolute atomic E-state index is 1.09. The van der Waals surface area contributed by atoms with Gasteiger partial charge in [0.1, 0.15) is 0 Å². The normalized spacial score (nSPS) is 11.5. The minimum atomic E-state index is 1.09. The lowest BCUT2D eigenvalue weighted by atomic mass is 10.3. The third-order valence-corrected chi connectivity index (χ3v) is 1.78. The molecule has 0 saturated carbocycles. The van der Waals surface area contributed by atoms with Crippen LogP contribution < -0.4 is 4.72 Å². The van der Waals surface area contributed by atoms with Crippen molar-refractivity contribution >= 4 is 11.9 Å². The van der Waals surface area contributed by atoms with Crippen LogP contribution in [-0.4, -0.2) is 7.05 Å². The van der Waals surface area contributed by atoms with Crippen molar-refractivity contribution in [2.75, 3.05) is 7.05 Å². The summed E-state index contributed by atoms with van der Waals surface area (Å²) in [6, 6.07) is 0. The summed E-state index contributed by atoms with van der Waals surface area (Å²) < 4.78 is 3.06. The molecule has 0 aliphatic heterocycles. The Hall–Kier alpha value is -0.210. The first kappa shape index (κ1) is 10.8. The van der Waals surface area contributed by atoms with Gasteiger partial charge in [-0.05, 0) is 45.3 Å². The third-order valence-electron chi connectivity index (χ3n) is 1.06. The zero-order chi connectivity index (χ0) is 8.69. The highest BCUT2D eigenvalue weighted by atomic mass is 32.2. The Balaban J connectivity index is 4.11. The van der Waals surface area contributed by atoms with E-state index >= 15 is 0 Å². The average molecular weight is 171 g/mol. The Morgan fingerprint density at radius 1 is 1.45 bits per heavy atom. The molecule has 0 heterocycles. The van der Waals surface area contributed by atoms with Crippen LogP contribution in [0, 0.1) is 0 Å². The molecule has 1 N–H and O–H groups in total. The van der Waals surface area contributed by atoms with Gasteiger partial charge in [0.05, 0.1) is 0 Å². The summed E-state index contributed by atoms with van der Waals surface area (Å²) in [5.74, 6) is 0. The first-order valence-electron chi connectivity index (χ1n) is 3.89. The highest BCUT2D eigenvalue weighted by Gasteiger charge is 1.90. The van der Waals surface area contributed by atoms with Crippen LogP contribution in [0.4, 0.5) is 0 Å². The molecule has 2 heteroatoms. The van der Waals surface area contributed by atoms with Gasteiger partial charge in [-0.1, -0.05) is 18.6 Å². The molecular weight excluding hydrogens is 154 g/mol. The average Bonchev–Trinajstić information content (AvgIpc) is 1.87. The highest BCUT2D eigenvalue weighted by Crippen LogP contribution is 2.14. The standard InChI is InChI=1S/C9H17NS/c1-5-6-9(11-10-4)7-8(2)3/h6-7,10H,5H2,1-4H3/b9-6+. The molecule has 0 aliphatic rings. The number of nitrogens with one attached hydrogen (secondary N) is 1. The van der Waals surface area contributed by atoms with Crippen molar-refractivity contribution in [1.29, 1.82) is 0 Å². The predicted molar refractivity (Wildman–Crippen MR) is 54.5 cm³/mol. The molecule has 0 unspecified atom stereocenters. The minimum Gasteiger partial charge on any atom is -0.263 e. The summed E-state index contributed by atoms with van der Waals surface area (Å²) in [5.41, 5.74) is 1.34. The highest BCUT2D eigenvalue weighted by molar-refractivity contribution is 8.01. The lowest BCUT2D eigenvalue weighted by Crippen LogP contribution is -1.91. The maximum Gasteiger partial charge on any atom is 0.0187 e. The molecule has 0 amide bonds. The van der Waals surface area contributed by atoms with Crippen molar-refractivity contribution in [3.63, 3.8) is 0 Å². The van der Waals surface area contributed by atoms with Crippen LogP contribution in [-0.2, 0) is 0 Å². The fourth-order valence-corrected chi connectivity index (χ4v) is 1.51. The van der Waals surface area contributed by atoms with Gasteiger partial charge in [-0.3, -0.25) is 4.72 Å². The van der Waals surface area contributed by atoms with Crippen molar-refractivity contribution in [2.24, 2.45) is 0 Å². The van der Waals surface area contributed by atoms with Gasteiger partial charge in [0.15, 0.2) is 0 Å². The van der Waals surface area contributed by atoms with Gasteiger partial charge in [0, 0.05) is 4.91 Å². The molecule has 0 rings (SSSR count). The number of allylic oxidation sites excluding steroid dienone is 3. The monoisotopic (exact) mass is 171 g/mol. The van der Waals surface area contributed by atoms with Gasteiger partial charge in [-0.25, -0.2) is 0 Å². The molecule has 0 aliphatic carbocycles. The van der Waals surface area contributed by atoms with E-state index in [0.717, 1.165) is 6.42 Å². The van der Waals surface area contributed by atoms with Gasteiger partial charge < -0.3 is 0 Å². The molecule has 0 aromatic rings. The van der Waals surface area contributed by atoms with E-state index in [1.54, 1.807) is 11.9 Å². The zero-order valence-electron chi connectivity index (χ0n) is 7.77. The smallest absolute Gasteiger partial charge is 0.0187 e. The predicted octanol–water partition coefficient (Wildman–Crippen LogP) is 3.11. The van der Waals surface area contributed by atoms with E-state index in [1.807, 2.05) is 7.05 Å². The molecule has 0 atom stereocenters. The van der Waals surface area contributed by atoms with Crippen LogP contribution >= 0.6 is 11.9 Å². The molecule has 1 nitrogen and oxygen atoms in total. The zero-order valence-corrected chi connectivity index (χ0v) is 8.59. The Labute approximate surface area is 74.1 Å². The van der Waals surface area contributed by atoms with Gasteiger partial charge in [-0.15, -0.1) is 0 Å².